The highest BCUT2D eigenvalue weighted by molar-refractivity contribution is 5.95. The summed E-state index contributed by atoms with van der Waals surface area (Å²) in [4.78, 5) is 16.7. The molecule has 21 heavy (non-hydrogen) atoms. The van der Waals surface area contributed by atoms with Crippen molar-refractivity contribution in [1.82, 2.24) is 10.3 Å². The lowest BCUT2D eigenvalue weighted by Gasteiger charge is -2.15. The van der Waals surface area contributed by atoms with Gasteiger partial charge in [0.2, 0.25) is 0 Å². The van der Waals surface area contributed by atoms with Crippen molar-refractivity contribution in [3.05, 3.63) is 23.4 Å². The average molecular weight is 292 g/mol. The van der Waals surface area contributed by atoms with Crippen LogP contribution in [0.5, 0.6) is 0 Å². The van der Waals surface area contributed by atoms with Crippen LogP contribution in [0, 0.1) is 5.92 Å². The van der Waals surface area contributed by atoms with Gasteiger partial charge in [-0.25, -0.2) is 10.8 Å². The second-order valence-corrected chi connectivity index (χ2v) is 5.80. The first-order valence-electron chi connectivity index (χ1n) is 7.39. The molecule has 0 spiro atoms. The number of hydrazine groups is 1. The number of rotatable bonds is 5. The van der Waals surface area contributed by atoms with E-state index >= 15 is 0 Å². The first-order chi connectivity index (χ1) is 10.0. The molecular formula is C15H24N4O2. The number of carbonyl (C=O) groups excluding carboxylic acids is 1. The number of hydrogen-bond donors (Lipinski definition) is 3. The third-order valence-corrected chi connectivity index (χ3v) is 3.90. The van der Waals surface area contributed by atoms with Gasteiger partial charge < -0.3 is 15.5 Å². The smallest absolute Gasteiger partial charge is 0.251 e. The standard InChI is InChI=1S/C15H24N4O2/c1-9(2)13-6-12(7-14(18-13)19-16)15(20)17-8-11-4-5-21-10(11)3/h6-7,9-11H,4-5,8,16H2,1-3H3,(H,17,20)(H,18,19). The molecule has 1 amide bonds. The van der Waals surface area contributed by atoms with E-state index in [1.165, 1.54) is 0 Å². The van der Waals surface area contributed by atoms with Gasteiger partial charge in [-0.3, -0.25) is 4.79 Å². The summed E-state index contributed by atoms with van der Waals surface area (Å²) in [6.45, 7) is 7.51. The molecule has 0 radical (unpaired) electrons. The van der Waals surface area contributed by atoms with Crippen LogP contribution in [0.4, 0.5) is 5.82 Å². The molecule has 2 atom stereocenters. The SMILES string of the molecule is CC(C)c1cc(C(=O)NCC2CCOC2C)cc(NN)n1. The molecule has 1 aromatic rings. The monoisotopic (exact) mass is 292 g/mol. The number of aromatic nitrogens is 1. The largest absolute Gasteiger partial charge is 0.378 e. The predicted molar refractivity (Wildman–Crippen MR) is 82.0 cm³/mol. The molecule has 2 heterocycles. The van der Waals surface area contributed by atoms with Crippen molar-refractivity contribution in [3.63, 3.8) is 0 Å². The Hall–Kier alpha value is -1.66. The summed E-state index contributed by atoms with van der Waals surface area (Å²) in [6.07, 6.45) is 1.19. The highest BCUT2D eigenvalue weighted by Crippen LogP contribution is 2.20. The maximum Gasteiger partial charge on any atom is 0.251 e. The minimum atomic E-state index is -0.102. The van der Waals surface area contributed by atoms with Crippen LogP contribution < -0.4 is 16.6 Å². The Bertz CT molecular complexity index is 504. The lowest BCUT2D eigenvalue weighted by atomic mass is 10.0. The fraction of sp³-hybridized carbons (Fsp3) is 0.600. The first kappa shape index (κ1) is 15.7. The number of nitrogens with zero attached hydrogens (tertiary/aromatic N) is 1. The molecule has 6 nitrogen and oxygen atoms in total. The molecular weight excluding hydrogens is 268 g/mol. The van der Waals surface area contributed by atoms with Crippen molar-refractivity contribution >= 4 is 11.7 Å². The van der Waals surface area contributed by atoms with Crippen LogP contribution in [0.25, 0.3) is 0 Å². The molecule has 0 saturated carbocycles. The van der Waals surface area contributed by atoms with Crippen LogP contribution in [0.3, 0.4) is 0 Å². The van der Waals surface area contributed by atoms with Gasteiger partial charge in [0.05, 0.1) is 6.10 Å². The van der Waals surface area contributed by atoms with E-state index in [0.717, 1.165) is 18.7 Å². The quantitative estimate of drug-likeness (QED) is 0.567. The summed E-state index contributed by atoms with van der Waals surface area (Å²) in [6, 6.07) is 3.48. The van der Waals surface area contributed by atoms with Crippen molar-refractivity contribution in [2.75, 3.05) is 18.6 Å². The van der Waals surface area contributed by atoms with Crippen LogP contribution in [0.1, 0.15) is 49.2 Å². The Morgan fingerprint density at radius 1 is 1.52 bits per heavy atom. The molecule has 0 aromatic carbocycles. The Labute approximate surface area is 125 Å². The molecule has 1 fully saturated rings. The molecule has 0 aliphatic carbocycles. The highest BCUT2D eigenvalue weighted by atomic mass is 16.5. The second-order valence-electron chi connectivity index (χ2n) is 5.80. The number of anilines is 1. The zero-order valence-electron chi connectivity index (χ0n) is 12.8. The van der Waals surface area contributed by atoms with Gasteiger partial charge >= 0.3 is 0 Å². The van der Waals surface area contributed by atoms with E-state index in [0.29, 0.717) is 23.8 Å². The predicted octanol–water partition coefficient (Wildman–Crippen LogP) is 1.65. The van der Waals surface area contributed by atoms with E-state index in [2.05, 4.69) is 15.7 Å². The van der Waals surface area contributed by atoms with Crippen molar-refractivity contribution < 1.29 is 9.53 Å². The Morgan fingerprint density at radius 3 is 2.86 bits per heavy atom. The number of carbonyl (C=O) groups is 1. The van der Waals surface area contributed by atoms with Gasteiger partial charge in [0.15, 0.2) is 0 Å². The average Bonchev–Trinajstić information content (AvgIpc) is 2.89. The zero-order valence-corrected chi connectivity index (χ0v) is 12.8. The van der Waals surface area contributed by atoms with Gasteiger partial charge in [0.25, 0.3) is 5.91 Å². The topological polar surface area (TPSA) is 89.3 Å². The number of ether oxygens (including phenoxy) is 1. The van der Waals surface area contributed by atoms with Gasteiger partial charge in [0, 0.05) is 30.3 Å². The highest BCUT2D eigenvalue weighted by Gasteiger charge is 2.24. The van der Waals surface area contributed by atoms with Gasteiger partial charge in [0.1, 0.15) is 5.82 Å². The minimum Gasteiger partial charge on any atom is -0.378 e. The number of pyridine rings is 1. The molecule has 2 rings (SSSR count). The molecule has 1 aliphatic heterocycles. The third kappa shape index (κ3) is 3.92. The van der Waals surface area contributed by atoms with Crippen molar-refractivity contribution in [2.24, 2.45) is 11.8 Å². The number of nitrogens with two attached hydrogens (primary N) is 1. The van der Waals surface area contributed by atoms with Crippen LogP contribution in [-0.4, -0.2) is 30.1 Å². The normalized spacial score (nSPS) is 21.6. The molecule has 6 heteroatoms. The number of nitrogens with one attached hydrogen (secondary N) is 2. The third-order valence-electron chi connectivity index (χ3n) is 3.90. The van der Waals surface area contributed by atoms with Gasteiger partial charge in [-0.2, -0.15) is 0 Å². The summed E-state index contributed by atoms with van der Waals surface area (Å²) in [5.74, 6) is 6.43. The summed E-state index contributed by atoms with van der Waals surface area (Å²) in [5.41, 5.74) is 3.93. The van der Waals surface area contributed by atoms with E-state index < -0.39 is 0 Å². The molecule has 2 unspecified atom stereocenters. The van der Waals surface area contributed by atoms with Gasteiger partial charge in [-0.05, 0) is 31.4 Å². The fourth-order valence-corrected chi connectivity index (χ4v) is 2.42. The van der Waals surface area contributed by atoms with E-state index in [1.54, 1.807) is 6.07 Å². The van der Waals surface area contributed by atoms with Crippen LogP contribution in [0.15, 0.2) is 12.1 Å². The molecule has 1 aromatic heterocycles. The maximum absolute atomic E-state index is 12.3. The number of nitrogen functional groups attached to an aromatic ring is 1. The van der Waals surface area contributed by atoms with Gasteiger partial charge in [-0.15, -0.1) is 0 Å². The fourth-order valence-electron chi connectivity index (χ4n) is 2.42. The molecule has 4 N–H and O–H groups in total. The van der Waals surface area contributed by atoms with Crippen molar-refractivity contribution in [2.45, 2.75) is 39.2 Å². The zero-order chi connectivity index (χ0) is 15.4. The summed E-state index contributed by atoms with van der Waals surface area (Å²) >= 11 is 0. The first-order valence-corrected chi connectivity index (χ1v) is 7.39. The second kappa shape index (κ2) is 6.87. The van der Waals surface area contributed by atoms with Crippen molar-refractivity contribution in [1.29, 1.82) is 0 Å². The van der Waals surface area contributed by atoms with E-state index in [9.17, 15) is 4.79 Å². The molecule has 116 valence electrons. The summed E-state index contributed by atoms with van der Waals surface area (Å²) in [7, 11) is 0. The molecule has 1 aliphatic rings. The lowest BCUT2D eigenvalue weighted by Crippen LogP contribution is -2.32. The van der Waals surface area contributed by atoms with Crippen LogP contribution in [-0.2, 0) is 4.74 Å². The number of hydrogen-bond acceptors (Lipinski definition) is 5. The van der Waals surface area contributed by atoms with Crippen LogP contribution >= 0.6 is 0 Å². The molecule has 1 saturated heterocycles. The minimum absolute atomic E-state index is 0.102. The van der Waals surface area contributed by atoms with E-state index in [4.69, 9.17) is 10.6 Å². The van der Waals surface area contributed by atoms with E-state index in [1.807, 2.05) is 26.8 Å². The van der Waals surface area contributed by atoms with Gasteiger partial charge in [-0.1, -0.05) is 13.8 Å². The summed E-state index contributed by atoms with van der Waals surface area (Å²) in [5, 5.41) is 2.97. The Kier molecular flexibility index (Phi) is 5.14. The summed E-state index contributed by atoms with van der Waals surface area (Å²) < 4.78 is 5.50. The van der Waals surface area contributed by atoms with E-state index in [-0.39, 0.29) is 17.9 Å². The number of amides is 1. The lowest BCUT2D eigenvalue weighted by molar-refractivity contribution is 0.0907. The van der Waals surface area contributed by atoms with Crippen LogP contribution in [0.2, 0.25) is 0 Å². The molecule has 0 bridgehead atoms. The Morgan fingerprint density at radius 2 is 2.29 bits per heavy atom. The Balaban J connectivity index is 2.05. The van der Waals surface area contributed by atoms with Crippen molar-refractivity contribution in [3.8, 4) is 0 Å². The maximum atomic E-state index is 12.3.